The van der Waals surface area contributed by atoms with Crippen molar-refractivity contribution >= 4 is 89.2 Å². The van der Waals surface area contributed by atoms with Gasteiger partial charge >= 0.3 is 7.82 Å². The van der Waals surface area contributed by atoms with E-state index < -0.39 is 40.5 Å². The first kappa shape index (κ1) is 24.6. The minimum atomic E-state index is -4.32. The number of imide groups is 1. The van der Waals surface area contributed by atoms with Gasteiger partial charge in [-0.3, -0.25) is 28.1 Å². The highest BCUT2D eigenvalue weighted by atomic mass is 35.6. The monoisotopic (exact) mass is 551 g/mol. The zero-order chi connectivity index (χ0) is 21.6. The molecule has 0 radical (unpaired) electrons. The number of rotatable bonds is 8. The van der Waals surface area contributed by atoms with Crippen LogP contribution >= 0.6 is 77.4 Å². The van der Waals surface area contributed by atoms with Gasteiger partial charge in [0.2, 0.25) is 19.4 Å². The number of halogens is 6. The van der Waals surface area contributed by atoms with Crippen molar-refractivity contribution in [2.24, 2.45) is 11.8 Å². The molecule has 3 aliphatic heterocycles. The number of amides is 2. The third kappa shape index (κ3) is 6.05. The molecule has 15 heteroatoms. The van der Waals surface area contributed by atoms with E-state index in [-0.39, 0.29) is 37.2 Å². The number of likely N-dealkylation sites (tertiary alicyclic amines) is 1. The summed E-state index contributed by atoms with van der Waals surface area (Å²) in [5.41, 5.74) is 0. The van der Waals surface area contributed by atoms with Gasteiger partial charge in [0, 0.05) is 0 Å². The van der Waals surface area contributed by atoms with Crippen molar-refractivity contribution in [2.75, 3.05) is 26.4 Å². The van der Waals surface area contributed by atoms with Crippen molar-refractivity contribution in [1.29, 1.82) is 0 Å². The molecule has 166 valence electrons. The summed E-state index contributed by atoms with van der Waals surface area (Å²) in [6.45, 7) is -1.80. The number of hydrogen-bond acceptors (Lipinski definition) is 7. The second-order valence-corrected chi connectivity index (χ2v) is 13.4. The van der Waals surface area contributed by atoms with Gasteiger partial charge < -0.3 is 4.74 Å². The molecule has 0 N–H and O–H groups in total. The van der Waals surface area contributed by atoms with Crippen molar-refractivity contribution in [3.05, 3.63) is 0 Å². The van der Waals surface area contributed by atoms with Crippen molar-refractivity contribution in [2.45, 2.75) is 32.6 Å². The number of hydrogen-bond donors (Lipinski definition) is 0. The van der Waals surface area contributed by atoms with Crippen molar-refractivity contribution in [1.82, 2.24) is 4.90 Å². The van der Waals surface area contributed by atoms with Crippen LogP contribution in [-0.4, -0.2) is 62.9 Å². The Morgan fingerprint density at radius 1 is 0.897 bits per heavy atom. The molecular formula is C14H16Cl6NO7P. The molecule has 4 atom stereocenters. The molecule has 2 amide bonds. The van der Waals surface area contributed by atoms with E-state index in [2.05, 4.69) is 0 Å². The Bertz CT molecular complexity index is 664. The van der Waals surface area contributed by atoms with Crippen LogP contribution in [0, 0.1) is 11.8 Å². The number of carbonyl (C=O) groups excluding carboxylic acids is 2. The molecule has 3 aliphatic rings. The predicted octanol–water partition coefficient (Wildman–Crippen LogP) is 4.05. The summed E-state index contributed by atoms with van der Waals surface area (Å²) in [6, 6.07) is 0. The number of carbonyl (C=O) groups is 2. The first-order valence-electron chi connectivity index (χ1n) is 8.47. The van der Waals surface area contributed by atoms with E-state index in [0.29, 0.717) is 0 Å². The van der Waals surface area contributed by atoms with Crippen LogP contribution in [0.2, 0.25) is 0 Å². The van der Waals surface area contributed by atoms with Gasteiger partial charge in [-0.1, -0.05) is 69.6 Å². The number of phosphoric ester groups is 1. The van der Waals surface area contributed by atoms with Gasteiger partial charge in [0.05, 0.1) is 37.2 Å². The summed E-state index contributed by atoms with van der Waals surface area (Å²) in [5.74, 6) is -1.63. The zero-order valence-electron chi connectivity index (χ0n) is 14.6. The summed E-state index contributed by atoms with van der Waals surface area (Å²) in [7, 11) is -4.32. The van der Waals surface area contributed by atoms with E-state index in [9.17, 15) is 14.2 Å². The first-order valence-corrected chi connectivity index (χ1v) is 12.2. The fraction of sp³-hybridized carbons (Fsp3) is 0.857. The lowest BCUT2D eigenvalue weighted by Gasteiger charge is -2.23. The standard InChI is InChI=1S/C14H16Cl6NO7P/c15-13(16,17)5-26-29(24,27-6-14(18,19)20)25-4-3-21-11(22)9-7-1-2-8(28-7)10(9)12(21)23/h7-10H,1-6H2/t7-,8+,9-,10+. The van der Waals surface area contributed by atoms with E-state index >= 15 is 0 Å². The van der Waals surface area contributed by atoms with Crippen LogP contribution in [0.5, 0.6) is 0 Å². The average molecular weight is 554 g/mol. The maximum Gasteiger partial charge on any atom is 0.475 e. The van der Waals surface area contributed by atoms with Crippen LogP contribution in [0.25, 0.3) is 0 Å². The van der Waals surface area contributed by atoms with E-state index in [1.807, 2.05) is 0 Å². The molecule has 0 aliphatic carbocycles. The minimum absolute atomic E-state index is 0.164. The Labute approximate surface area is 196 Å². The molecule has 0 aromatic rings. The van der Waals surface area contributed by atoms with Crippen molar-refractivity contribution in [3.8, 4) is 0 Å². The summed E-state index contributed by atoms with van der Waals surface area (Å²) in [4.78, 5) is 26.2. The topological polar surface area (TPSA) is 91.4 Å². The predicted molar refractivity (Wildman–Crippen MR) is 108 cm³/mol. The van der Waals surface area contributed by atoms with Gasteiger partial charge in [-0.2, -0.15) is 0 Å². The van der Waals surface area contributed by atoms with E-state index in [1.54, 1.807) is 0 Å². The maximum atomic E-state index is 12.7. The molecule has 0 spiro atoms. The lowest BCUT2D eigenvalue weighted by molar-refractivity contribution is -0.143. The maximum absolute atomic E-state index is 12.7. The summed E-state index contributed by atoms with van der Waals surface area (Å²) < 4.78 is 29.6. The van der Waals surface area contributed by atoms with Gasteiger partial charge in [0.15, 0.2) is 0 Å². The second kappa shape index (κ2) is 9.06. The molecule has 0 unspecified atom stereocenters. The van der Waals surface area contributed by atoms with Crippen LogP contribution < -0.4 is 0 Å². The van der Waals surface area contributed by atoms with Gasteiger partial charge in [-0.25, -0.2) is 4.57 Å². The molecule has 0 saturated carbocycles. The Morgan fingerprint density at radius 3 is 1.76 bits per heavy atom. The Morgan fingerprint density at radius 2 is 1.34 bits per heavy atom. The highest BCUT2D eigenvalue weighted by Gasteiger charge is 2.62. The SMILES string of the molecule is O=C1[C@@H]2[C@H](C(=O)N1CCOP(=O)(OCC(Cl)(Cl)Cl)OCC(Cl)(Cl)Cl)[C@H]1CC[C@@H]2O1. The van der Waals surface area contributed by atoms with Gasteiger partial charge in [-0.15, -0.1) is 0 Å². The quantitative estimate of drug-likeness (QED) is 0.254. The fourth-order valence-corrected chi connectivity index (χ4v) is 5.67. The summed E-state index contributed by atoms with van der Waals surface area (Å²) in [5, 5.41) is 0. The number of fused-ring (bicyclic) bond motifs is 5. The number of phosphoric acid groups is 1. The zero-order valence-corrected chi connectivity index (χ0v) is 20.0. The molecule has 29 heavy (non-hydrogen) atoms. The van der Waals surface area contributed by atoms with Crippen LogP contribution in [-0.2, 0) is 32.5 Å². The first-order chi connectivity index (χ1) is 13.3. The summed E-state index contributed by atoms with van der Waals surface area (Å²) >= 11 is 33.5. The molecule has 2 bridgehead atoms. The fourth-order valence-electron chi connectivity index (χ4n) is 3.65. The minimum Gasteiger partial charge on any atom is -0.373 e. The Balaban J connectivity index is 1.58. The normalized spacial score (nSPS) is 29.8. The molecular weight excluding hydrogens is 538 g/mol. The lowest BCUT2D eigenvalue weighted by Crippen LogP contribution is -2.36. The Kier molecular flexibility index (Phi) is 7.69. The Hall–Kier alpha value is 0.950. The molecule has 8 nitrogen and oxygen atoms in total. The van der Waals surface area contributed by atoms with Crippen LogP contribution in [0.3, 0.4) is 0 Å². The number of nitrogens with zero attached hydrogens (tertiary/aromatic N) is 1. The van der Waals surface area contributed by atoms with Gasteiger partial charge in [0.1, 0.15) is 13.2 Å². The molecule has 3 rings (SSSR count). The molecule has 3 heterocycles. The third-order valence-corrected chi connectivity index (χ3v) is 6.76. The largest absolute Gasteiger partial charge is 0.475 e. The van der Waals surface area contributed by atoms with Crippen molar-refractivity contribution < 1.29 is 32.5 Å². The third-order valence-electron chi connectivity index (χ3n) is 4.71. The molecule has 3 saturated heterocycles. The van der Waals surface area contributed by atoms with Gasteiger partial charge in [-0.05, 0) is 12.8 Å². The van der Waals surface area contributed by atoms with Crippen LogP contribution in [0.15, 0.2) is 0 Å². The van der Waals surface area contributed by atoms with Gasteiger partial charge in [0.25, 0.3) is 0 Å². The van der Waals surface area contributed by atoms with E-state index in [1.165, 1.54) is 0 Å². The van der Waals surface area contributed by atoms with E-state index in [4.69, 9.17) is 87.9 Å². The van der Waals surface area contributed by atoms with Crippen LogP contribution in [0.1, 0.15) is 12.8 Å². The highest BCUT2D eigenvalue weighted by molar-refractivity contribution is 7.48. The molecule has 0 aromatic carbocycles. The molecule has 3 fully saturated rings. The van der Waals surface area contributed by atoms with Crippen LogP contribution in [0.4, 0.5) is 0 Å². The van der Waals surface area contributed by atoms with E-state index in [0.717, 1.165) is 17.7 Å². The average Bonchev–Trinajstić information content (AvgIpc) is 3.27. The number of ether oxygens (including phenoxy) is 1. The lowest BCUT2D eigenvalue weighted by atomic mass is 9.81. The highest BCUT2D eigenvalue weighted by Crippen LogP contribution is 2.53. The van der Waals surface area contributed by atoms with Crippen molar-refractivity contribution in [3.63, 3.8) is 0 Å². The smallest absolute Gasteiger partial charge is 0.373 e. The molecule has 0 aromatic heterocycles. The summed E-state index contributed by atoms with van der Waals surface area (Å²) in [6.07, 6.45) is 1.03. The second-order valence-electron chi connectivity index (χ2n) is 6.73. The number of alkyl halides is 6.